The molecule has 0 radical (unpaired) electrons. The molecule has 1 aliphatic heterocycles. The van der Waals surface area contributed by atoms with E-state index in [1.165, 1.54) is 6.92 Å². The summed E-state index contributed by atoms with van der Waals surface area (Å²) in [5.41, 5.74) is 3.01. The van der Waals surface area contributed by atoms with Crippen LogP contribution in [0.1, 0.15) is 35.8 Å². The van der Waals surface area contributed by atoms with E-state index in [-0.39, 0.29) is 17.9 Å². The quantitative estimate of drug-likeness (QED) is 0.835. The van der Waals surface area contributed by atoms with Crippen LogP contribution in [0.15, 0.2) is 42.6 Å². The highest BCUT2D eigenvalue weighted by molar-refractivity contribution is 5.99. The van der Waals surface area contributed by atoms with Crippen molar-refractivity contribution in [1.82, 2.24) is 15.6 Å². The third-order valence-corrected chi connectivity index (χ3v) is 4.32. The first-order chi connectivity index (χ1) is 12.6. The molecule has 0 aliphatic carbocycles. The Balaban J connectivity index is 1.76. The van der Waals surface area contributed by atoms with Crippen LogP contribution >= 0.6 is 0 Å². The average Bonchev–Trinajstić information content (AvgIpc) is 3.18. The van der Waals surface area contributed by atoms with Gasteiger partial charge in [-0.1, -0.05) is 24.3 Å². The number of nitrogens with zero attached hydrogens (tertiary/aromatic N) is 1. The lowest BCUT2D eigenvalue weighted by Crippen LogP contribution is -2.32. The summed E-state index contributed by atoms with van der Waals surface area (Å²) in [5, 5.41) is 5.70. The molecule has 1 aromatic carbocycles. The molecule has 1 atom stereocenters. The summed E-state index contributed by atoms with van der Waals surface area (Å²) in [4.78, 5) is 28.0. The van der Waals surface area contributed by atoms with Crippen molar-refractivity contribution in [3.63, 3.8) is 0 Å². The molecule has 136 valence electrons. The predicted molar refractivity (Wildman–Crippen MR) is 98.5 cm³/mol. The van der Waals surface area contributed by atoms with E-state index in [2.05, 4.69) is 15.6 Å². The number of pyridine rings is 1. The molecule has 1 unspecified atom stereocenters. The van der Waals surface area contributed by atoms with Crippen molar-refractivity contribution in [3.8, 4) is 11.1 Å². The van der Waals surface area contributed by atoms with Gasteiger partial charge in [-0.05, 0) is 36.1 Å². The van der Waals surface area contributed by atoms with Crippen LogP contribution in [0.25, 0.3) is 11.1 Å². The van der Waals surface area contributed by atoms with E-state index < -0.39 is 0 Å². The van der Waals surface area contributed by atoms with Crippen LogP contribution in [0, 0.1) is 0 Å². The smallest absolute Gasteiger partial charge is 0.270 e. The molecular formula is C20H23N3O3. The number of hydrogen-bond donors (Lipinski definition) is 2. The van der Waals surface area contributed by atoms with Crippen molar-refractivity contribution in [2.24, 2.45) is 0 Å². The van der Waals surface area contributed by atoms with Crippen LogP contribution in [-0.2, 0) is 16.1 Å². The van der Waals surface area contributed by atoms with Gasteiger partial charge in [0.25, 0.3) is 5.91 Å². The Morgan fingerprint density at radius 3 is 2.88 bits per heavy atom. The molecule has 1 aliphatic rings. The lowest BCUT2D eigenvalue weighted by atomic mass is 10.0. The van der Waals surface area contributed by atoms with E-state index in [9.17, 15) is 9.59 Å². The van der Waals surface area contributed by atoms with Gasteiger partial charge in [0.1, 0.15) is 5.69 Å². The minimum absolute atomic E-state index is 0.0778. The molecule has 0 bridgehead atoms. The maximum atomic E-state index is 12.6. The topological polar surface area (TPSA) is 80.3 Å². The maximum Gasteiger partial charge on any atom is 0.270 e. The van der Waals surface area contributed by atoms with Crippen LogP contribution in [0.2, 0.25) is 0 Å². The van der Waals surface area contributed by atoms with Crippen LogP contribution < -0.4 is 10.6 Å². The first-order valence-electron chi connectivity index (χ1n) is 8.82. The number of rotatable bonds is 6. The zero-order valence-electron chi connectivity index (χ0n) is 14.8. The van der Waals surface area contributed by atoms with Crippen LogP contribution in [-0.4, -0.2) is 36.1 Å². The number of aromatic nitrogens is 1. The molecular weight excluding hydrogens is 330 g/mol. The molecule has 1 aromatic heterocycles. The SMILES string of the molecule is CC(=O)NCc1cccc(-c2cccnc2C(=O)NCC2CCCO2)c1. The van der Waals surface area contributed by atoms with E-state index >= 15 is 0 Å². The summed E-state index contributed by atoms with van der Waals surface area (Å²) in [6.45, 7) is 3.19. The Morgan fingerprint density at radius 1 is 1.23 bits per heavy atom. The first-order valence-corrected chi connectivity index (χ1v) is 8.82. The number of amides is 2. The van der Waals surface area contributed by atoms with Crippen LogP contribution in [0.3, 0.4) is 0 Å². The molecule has 2 heterocycles. The van der Waals surface area contributed by atoms with E-state index in [0.717, 1.165) is 36.1 Å². The summed E-state index contributed by atoms with van der Waals surface area (Å²) < 4.78 is 5.55. The summed E-state index contributed by atoms with van der Waals surface area (Å²) in [7, 11) is 0. The molecule has 2 aromatic rings. The standard InChI is InChI=1S/C20H23N3O3/c1-14(24)22-12-15-5-2-6-16(11-15)18-8-3-9-21-19(18)20(25)23-13-17-7-4-10-26-17/h2-3,5-6,8-9,11,17H,4,7,10,12-13H2,1H3,(H,22,24)(H,23,25). The lowest BCUT2D eigenvalue weighted by molar-refractivity contribution is -0.119. The Hall–Kier alpha value is -2.73. The zero-order valence-corrected chi connectivity index (χ0v) is 14.8. The molecule has 3 rings (SSSR count). The largest absolute Gasteiger partial charge is 0.376 e. The highest BCUT2D eigenvalue weighted by Crippen LogP contribution is 2.23. The van der Waals surface area contributed by atoms with E-state index in [1.807, 2.05) is 36.4 Å². The normalized spacial score (nSPS) is 16.3. The van der Waals surface area contributed by atoms with Crippen molar-refractivity contribution < 1.29 is 14.3 Å². The van der Waals surface area contributed by atoms with Gasteiger partial charge in [0, 0.05) is 38.4 Å². The summed E-state index contributed by atoms with van der Waals surface area (Å²) in [6.07, 6.45) is 3.72. The molecule has 2 amide bonds. The second-order valence-corrected chi connectivity index (χ2v) is 6.35. The first kappa shape index (κ1) is 18.1. The molecule has 1 fully saturated rings. The van der Waals surface area contributed by atoms with Gasteiger partial charge in [0.05, 0.1) is 6.10 Å². The van der Waals surface area contributed by atoms with Gasteiger partial charge in [-0.25, -0.2) is 0 Å². The van der Waals surface area contributed by atoms with Crippen molar-refractivity contribution >= 4 is 11.8 Å². The third-order valence-electron chi connectivity index (χ3n) is 4.32. The average molecular weight is 353 g/mol. The van der Waals surface area contributed by atoms with Gasteiger partial charge in [-0.2, -0.15) is 0 Å². The van der Waals surface area contributed by atoms with Gasteiger partial charge < -0.3 is 15.4 Å². The van der Waals surface area contributed by atoms with Crippen molar-refractivity contribution in [3.05, 3.63) is 53.9 Å². The van der Waals surface area contributed by atoms with E-state index in [0.29, 0.717) is 18.8 Å². The maximum absolute atomic E-state index is 12.6. The van der Waals surface area contributed by atoms with Crippen molar-refractivity contribution in [2.45, 2.75) is 32.4 Å². The summed E-state index contributed by atoms with van der Waals surface area (Å²) in [5.74, 6) is -0.283. The van der Waals surface area contributed by atoms with Gasteiger partial charge in [-0.15, -0.1) is 0 Å². The second kappa shape index (κ2) is 8.58. The molecule has 1 saturated heterocycles. The second-order valence-electron chi connectivity index (χ2n) is 6.35. The molecule has 6 heteroatoms. The Kier molecular flexibility index (Phi) is 5.96. The van der Waals surface area contributed by atoms with Crippen LogP contribution in [0.5, 0.6) is 0 Å². The molecule has 6 nitrogen and oxygen atoms in total. The van der Waals surface area contributed by atoms with Gasteiger partial charge in [0.2, 0.25) is 5.91 Å². The highest BCUT2D eigenvalue weighted by atomic mass is 16.5. The number of benzene rings is 1. The number of nitrogens with one attached hydrogen (secondary N) is 2. The molecule has 2 N–H and O–H groups in total. The monoisotopic (exact) mass is 353 g/mol. The Labute approximate surface area is 153 Å². The fourth-order valence-corrected chi connectivity index (χ4v) is 2.99. The lowest BCUT2D eigenvalue weighted by Gasteiger charge is -2.13. The number of carbonyl (C=O) groups is 2. The number of carbonyl (C=O) groups excluding carboxylic acids is 2. The van der Waals surface area contributed by atoms with Gasteiger partial charge in [0.15, 0.2) is 0 Å². The Morgan fingerprint density at radius 2 is 2.12 bits per heavy atom. The minimum atomic E-state index is -0.205. The number of hydrogen-bond acceptors (Lipinski definition) is 4. The predicted octanol–water partition coefficient (Wildman–Crippen LogP) is 2.29. The molecule has 0 spiro atoms. The van der Waals surface area contributed by atoms with E-state index in [1.54, 1.807) is 6.20 Å². The zero-order chi connectivity index (χ0) is 18.4. The van der Waals surface area contributed by atoms with Gasteiger partial charge >= 0.3 is 0 Å². The molecule has 26 heavy (non-hydrogen) atoms. The summed E-state index contributed by atoms with van der Waals surface area (Å²) in [6, 6.07) is 11.4. The fraction of sp³-hybridized carbons (Fsp3) is 0.350. The highest BCUT2D eigenvalue weighted by Gasteiger charge is 2.19. The van der Waals surface area contributed by atoms with Crippen LogP contribution in [0.4, 0.5) is 0 Å². The fourth-order valence-electron chi connectivity index (χ4n) is 2.99. The number of ether oxygens (including phenoxy) is 1. The third kappa shape index (κ3) is 4.67. The minimum Gasteiger partial charge on any atom is -0.376 e. The summed E-state index contributed by atoms with van der Waals surface area (Å²) >= 11 is 0. The Bertz CT molecular complexity index is 785. The van der Waals surface area contributed by atoms with E-state index in [4.69, 9.17) is 4.74 Å². The molecule has 0 saturated carbocycles. The van der Waals surface area contributed by atoms with Crippen molar-refractivity contribution in [2.75, 3.05) is 13.2 Å². The van der Waals surface area contributed by atoms with Gasteiger partial charge in [-0.3, -0.25) is 14.6 Å². The van der Waals surface area contributed by atoms with Crippen molar-refractivity contribution in [1.29, 1.82) is 0 Å².